The largest absolute Gasteiger partial charge is 0.481 e. The zero-order valence-corrected chi connectivity index (χ0v) is 30.4. The molecule has 3 aromatic carbocycles. The molecule has 7 nitrogen and oxygen atoms in total. The van der Waals surface area contributed by atoms with Crippen LogP contribution in [0.25, 0.3) is 0 Å². The van der Waals surface area contributed by atoms with E-state index in [0.29, 0.717) is 6.42 Å². The number of anilines is 1. The zero-order chi connectivity index (χ0) is 34.0. The molecule has 2 aliphatic rings. The second kappa shape index (κ2) is 17.3. The molecule has 1 unspecified atom stereocenters. The van der Waals surface area contributed by atoms with Crippen LogP contribution in [-0.2, 0) is 26.2 Å². The summed E-state index contributed by atoms with van der Waals surface area (Å²) < 4.78 is 7.03. The second-order valence-corrected chi connectivity index (χ2v) is 15.9. The van der Waals surface area contributed by atoms with Gasteiger partial charge in [-0.05, 0) is 12.1 Å². The number of amides is 1. The van der Waals surface area contributed by atoms with Crippen molar-refractivity contribution in [2.24, 2.45) is 5.92 Å². The molecule has 1 aliphatic heterocycles. The van der Waals surface area contributed by atoms with Crippen LogP contribution in [0.4, 0.5) is 5.69 Å². The van der Waals surface area contributed by atoms with Crippen LogP contribution >= 0.6 is 0 Å². The third kappa shape index (κ3) is 11.2. The molecule has 246 valence electrons. The van der Waals surface area contributed by atoms with E-state index in [2.05, 4.69) is 56.4 Å². The molecule has 1 amide bonds. The fourth-order valence-electron chi connectivity index (χ4n) is 6.86. The molecule has 0 spiro atoms. The summed E-state index contributed by atoms with van der Waals surface area (Å²) in [6, 6.07) is 23.0. The van der Waals surface area contributed by atoms with Crippen LogP contribution in [0, 0.1) is 5.92 Å². The number of carbonyl (C=O) groups is 3. The molecule has 0 bridgehead atoms. The minimum absolute atomic E-state index is 0.0296. The van der Waals surface area contributed by atoms with Crippen LogP contribution < -0.4 is 10.1 Å². The fourth-order valence-corrected chi connectivity index (χ4v) is 7.81. The predicted molar refractivity (Wildman–Crippen MR) is 187 cm³/mol. The van der Waals surface area contributed by atoms with E-state index in [1.807, 2.05) is 36.4 Å². The maximum atomic E-state index is 13.6. The maximum absolute atomic E-state index is 13.6. The number of para-hydroxylation sites is 2. The SMILES string of the molecule is CC(C)(C)c1ccc(CC[CH]([Na])CC2CCCCC2)cc1NC(=O)CC1c2ccccc2Oc2ccccc21.O=C(O)CCC(=O)O. The summed E-state index contributed by atoms with van der Waals surface area (Å²) in [5.74, 6) is 0.513. The van der Waals surface area contributed by atoms with Crippen molar-refractivity contribution in [3.63, 3.8) is 0 Å². The summed E-state index contributed by atoms with van der Waals surface area (Å²) in [6.45, 7) is 6.67. The Morgan fingerprint density at radius 1 is 0.872 bits per heavy atom. The van der Waals surface area contributed by atoms with Gasteiger partial charge in [-0.2, -0.15) is 0 Å². The number of rotatable bonds is 11. The Hall–Kier alpha value is -3.13. The first-order valence-corrected chi connectivity index (χ1v) is 18.3. The van der Waals surface area contributed by atoms with Crippen molar-refractivity contribution in [3.8, 4) is 11.5 Å². The van der Waals surface area contributed by atoms with Gasteiger partial charge in [-0.3, -0.25) is 9.59 Å². The smallest absolute Gasteiger partial charge is 0.303 e. The zero-order valence-electron chi connectivity index (χ0n) is 28.4. The number of carboxylic acid groups (broad SMARTS) is 2. The molecule has 1 aliphatic carbocycles. The molecule has 0 saturated heterocycles. The number of benzene rings is 3. The van der Waals surface area contributed by atoms with Gasteiger partial charge in [0.05, 0.1) is 12.8 Å². The van der Waals surface area contributed by atoms with Gasteiger partial charge in [-0.1, -0.05) is 24.3 Å². The molecule has 0 radical (unpaired) electrons. The maximum Gasteiger partial charge on any atom is 0.303 e. The van der Waals surface area contributed by atoms with Crippen molar-refractivity contribution in [3.05, 3.63) is 89.0 Å². The molecule has 5 rings (SSSR count). The molecule has 0 aromatic heterocycles. The molecule has 3 N–H and O–H groups in total. The van der Waals surface area contributed by atoms with Gasteiger partial charge in [0, 0.05) is 0 Å². The summed E-state index contributed by atoms with van der Waals surface area (Å²) in [4.78, 5) is 32.9. The number of aryl methyl sites for hydroxylation is 1. The fraction of sp³-hybridized carbons (Fsp3) is 0.462. The van der Waals surface area contributed by atoms with E-state index >= 15 is 0 Å². The molecule has 1 saturated carbocycles. The van der Waals surface area contributed by atoms with Crippen molar-refractivity contribution in [1.29, 1.82) is 0 Å². The normalized spacial score (nSPS) is 15.3. The second-order valence-electron chi connectivity index (χ2n) is 14.3. The van der Waals surface area contributed by atoms with Crippen molar-refractivity contribution in [2.75, 3.05) is 5.32 Å². The number of fused-ring (bicyclic) bond motifs is 2. The minimum atomic E-state index is -1.08. The molecule has 8 heteroatoms. The number of nitrogens with one attached hydrogen (secondary N) is 1. The summed E-state index contributed by atoms with van der Waals surface area (Å²) in [7, 11) is 0. The van der Waals surface area contributed by atoms with E-state index in [1.54, 1.807) is 0 Å². The van der Waals surface area contributed by atoms with E-state index < -0.39 is 11.9 Å². The summed E-state index contributed by atoms with van der Waals surface area (Å²) in [5.41, 5.74) is 5.59. The number of carbonyl (C=O) groups excluding carboxylic acids is 1. The first-order chi connectivity index (χ1) is 22.4. The standard InChI is InChI=1S/C35H42NO2.C4H6O4.Na/c1-35(2,3)30-22-21-26(16-8-7-15-25-13-5-4-6-14-25)23-31(30)36-34(37)24-29-27-17-9-11-19-32(27)38-33-20-12-10-18-28(29)33;5-3(6)1-2-4(7)8;/h7,9-12,17-23,25,29H,4-6,8,13-16,24H2,1-3H3,(H,36,37);1-2H2,(H,5,6)(H,7,8);. The van der Waals surface area contributed by atoms with E-state index in [0.717, 1.165) is 43.8 Å². The van der Waals surface area contributed by atoms with Gasteiger partial charge in [-0.25, -0.2) is 0 Å². The molecule has 1 heterocycles. The van der Waals surface area contributed by atoms with E-state index in [9.17, 15) is 14.4 Å². The molecule has 1 atom stereocenters. The number of hydrogen-bond acceptors (Lipinski definition) is 4. The Bertz CT molecular complexity index is 1460. The summed E-state index contributed by atoms with van der Waals surface area (Å²) >= 11 is 1.27. The number of hydrogen-bond donors (Lipinski definition) is 3. The van der Waals surface area contributed by atoms with Gasteiger partial charge in [0.25, 0.3) is 0 Å². The average molecular weight is 650 g/mol. The van der Waals surface area contributed by atoms with Crippen LogP contribution in [0.3, 0.4) is 0 Å². The third-order valence-electron chi connectivity index (χ3n) is 9.30. The Morgan fingerprint density at radius 3 is 2.00 bits per heavy atom. The van der Waals surface area contributed by atoms with Crippen LogP contribution in [-0.4, -0.2) is 56.0 Å². The monoisotopic (exact) mass is 649 g/mol. The number of ether oxygens (including phenoxy) is 1. The molecule has 1 fully saturated rings. The first-order valence-electron chi connectivity index (χ1n) is 17.1. The topological polar surface area (TPSA) is 113 Å². The Kier molecular flexibility index (Phi) is 13.5. The Labute approximate surface area is 296 Å². The van der Waals surface area contributed by atoms with Crippen molar-refractivity contribution in [1.82, 2.24) is 0 Å². The van der Waals surface area contributed by atoms with E-state index in [4.69, 9.17) is 14.9 Å². The van der Waals surface area contributed by atoms with Gasteiger partial charge in [-0.15, -0.1) is 0 Å². The van der Waals surface area contributed by atoms with Gasteiger partial charge in [0.2, 0.25) is 0 Å². The van der Waals surface area contributed by atoms with Crippen LogP contribution in [0.15, 0.2) is 66.7 Å². The van der Waals surface area contributed by atoms with Crippen molar-refractivity contribution < 1.29 is 29.3 Å². The molecule has 3 aromatic rings. The van der Waals surface area contributed by atoms with Gasteiger partial charge in [0.15, 0.2) is 0 Å². The Balaban J connectivity index is 0.000000555. The van der Waals surface area contributed by atoms with Gasteiger partial charge >= 0.3 is 225 Å². The predicted octanol–water partition coefficient (Wildman–Crippen LogP) is 9.05. The molecule has 47 heavy (non-hydrogen) atoms. The van der Waals surface area contributed by atoms with Crippen LogP contribution in [0.2, 0.25) is 3.17 Å². The first kappa shape index (κ1) is 36.7. The number of aliphatic carboxylic acids is 2. The Morgan fingerprint density at radius 2 is 1.45 bits per heavy atom. The summed E-state index contributed by atoms with van der Waals surface area (Å²) in [6.07, 6.45) is 10.8. The van der Waals surface area contributed by atoms with E-state index in [-0.39, 0.29) is 30.1 Å². The molecular weight excluding hydrogens is 601 g/mol. The minimum Gasteiger partial charge on any atom is -0.481 e. The van der Waals surface area contributed by atoms with Crippen LogP contribution in [0.1, 0.15) is 113 Å². The van der Waals surface area contributed by atoms with E-state index in [1.165, 1.54) is 84.0 Å². The third-order valence-corrected chi connectivity index (χ3v) is 10.4. The molecular formula is C39H48NNaO6. The van der Waals surface area contributed by atoms with Gasteiger partial charge in [0.1, 0.15) is 0 Å². The van der Waals surface area contributed by atoms with Crippen molar-refractivity contribution in [2.45, 2.75) is 106 Å². The average Bonchev–Trinajstić information content (AvgIpc) is 3.03. The quantitative estimate of drug-likeness (QED) is 0.179. The summed E-state index contributed by atoms with van der Waals surface area (Å²) in [5, 5.41) is 19.1. The van der Waals surface area contributed by atoms with Gasteiger partial charge < -0.3 is 14.9 Å². The van der Waals surface area contributed by atoms with Crippen LogP contribution in [0.5, 0.6) is 11.5 Å². The van der Waals surface area contributed by atoms with Crippen molar-refractivity contribution >= 4 is 51.5 Å². The number of carboxylic acids is 2.